The number of aliphatic hydroxyl groups is 1. The molecule has 0 bridgehead atoms. The number of hydrogen-bond donors (Lipinski definition) is 3. The molecule has 0 spiro atoms. The summed E-state index contributed by atoms with van der Waals surface area (Å²) in [5.41, 5.74) is -0.113. The second-order valence-electron chi connectivity index (χ2n) is 8.17. The lowest BCUT2D eigenvalue weighted by atomic mass is 9.73. The molecule has 3 rings (SSSR count). The quantitative estimate of drug-likeness (QED) is 0.478. The third-order valence-corrected chi connectivity index (χ3v) is 7.02. The van der Waals surface area contributed by atoms with Gasteiger partial charge in [-0.05, 0) is 31.2 Å². The van der Waals surface area contributed by atoms with Crippen LogP contribution in [0, 0.1) is 5.41 Å². The summed E-state index contributed by atoms with van der Waals surface area (Å²) in [6.45, 7) is 10.1. The van der Waals surface area contributed by atoms with Crippen LogP contribution in [-0.4, -0.2) is 68.0 Å². The molecule has 158 valence electrons. The first-order valence-corrected chi connectivity index (χ1v) is 11.6. The minimum absolute atomic E-state index is 0.113. The number of morpholine rings is 1. The van der Waals surface area contributed by atoms with Crippen LogP contribution in [0.15, 0.2) is 22.5 Å². The maximum Gasteiger partial charge on any atom is 0.191 e. The smallest absolute Gasteiger partial charge is 0.191 e. The number of nitrogens with zero attached hydrogens (tertiary/aromatic N) is 2. The van der Waals surface area contributed by atoms with Crippen molar-refractivity contribution < 1.29 is 9.84 Å². The second kappa shape index (κ2) is 10.6. The van der Waals surface area contributed by atoms with Crippen molar-refractivity contribution in [2.45, 2.75) is 51.7 Å². The molecule has 3 unspecified atom stereocenters. The van der Waals surface area contributed by atoms with Crippen LogP contribution in [-0.2, 0) is 4.74 Å². The summed E-state index contributed by atoms with van der Waals surface area (Å²) >= 11 is 1.81. The maximum atomic E-state index is 10.5. The number of thiophene rings is 1. The summed E-state index contributed by atoms with van der Waals surface area (Å²) in [5, 5.41) is 19.5. The lowest BCUT2D eigenvalue weighted by molar-refractivity contribution is 0.00712. The molecule has 2 heterocycles. The molecule has 0 amide bonds. The molecule has 2 aliphatic rings. The first kappa shape index (κ1) is 21.6. The van der Waals surface area contributed by atoms with Crippen molar-refractivity contribution in [2.75, 3.05) is 45.9 Å². The van der Waals surface area contributed by atoms with Gasteiger partial charge in [0.2, 0.25) is 0 Å². The average molecular weight is 409 g/mol. The Morgan fingerprint density at radius 3 is 2.89 bits per heavy atom. The SMILES string of the molecule is CCNC(=NCC1(C)CCCCC1O)NCC(c1cccs1)N1CCOCC1. The number of aliphatic hydroxyl groups excluding tert-OH is 1. The van der Waals surface area contributed by atoms with Crippen molar-refractivity contribution in [3.63, 3.8) is 0 Å². The van der Waals surface area contributed by atoms with Crippen molar-refractivity contribution in [1.82, 2.24) is 15.5 Å². The Morgan fingerprint density at radius 2 is 2.21 bits per heavy atom. The van der Waals surface area contributed by atoms with Crippen LogP contribution in [0.3, 0.4) is 0 Å². The third-order valence-electron chi connectivity index (χ3n) is 6.04. The molecule has 3 N–H and O–H groups in total. The molecule has 0 aromatic carbocycles. The van der Waals surface area contributed by atoms with Crippen molar-refractivity contribution in [3.05, 3.63) is 22.4 Å². The Bertz CT molecular complexity index is 604. The predicted molar refractivity (Wildman–Crippen MR) is 116 cm³/mol. The number of nitrogens with one attached hydrogen (secondary N) is 2. The molecule has 0 radical (unpaired) electrons. The van der Waals surface area contributed by atoms with Crippen molar-refractivity contribution in [1.29, 1.82) is 0 Å². The summed E-state index contributed by atoms with van der Waals surface area (Å²) in [4.78, 5) is 8.73. The van der Waals surface area contributed by atoms with E-state index in [1.54, 1.807) is 0 Å². The predicted octanol–water partition coefficient (Wildman–Crippen LogP) is 2.62. The highest BCUT2D eigenvalue weighted by atomic mass is 32.1. The molecule has 2 fully saturated rings. The van der Waals surface area contributed by atoms with Gasteiger partial charge >= 0.3 is 0 Å². The maximum absolute atomic E-state index is 10.5. The molecule has 3 atom stereocenters. The van der Waals surface area contributed by atoms with E-state index in [4.69, 9.17) is 9.73 Å². The van der Waals surface area contributed by atoms with E-state index in [1.807, 2.05) is 11.3 Å². The van der Waals surface area contributed by atoms with E-state index in [9.17, 15) is 5.11 Å². The number of aliphatic imine (C=N–C) groups is 1. The van der Waals surface area contributed by atoms with Gasteiger partial charge in [0.25, 0.3) is 0 Å². The minimum Gasteiger partial charge on any atom is -0.392 e. The van der Waals surface area contributed by atoms with Gasteiger partial charge in [-0.1, -0.05) is 25.8 Å². The lowest BCUT2D eigenvalue weighted by Gasteiger charge is -2.37. The zero-order valence-electron chi connectivity index (χ0n) is 17.3. The fourth-order valence-corrected chi connectivity index (χ4v) is 5.00. The molecule has 1 saturated carbocycles. The fraction of sp³-hybridized carbons (Fsp3) is 0.762. The number of ether oxygens (including phenoxy) is 1. The van der Waals surface area contributed by atoms with Crippen molar-refractivity contribution in [2.24, 2.45) is 10.4 Å². The molecule has 1 saturated heterocycles. The van der Waals surface area contributed by atoms with E-state index >= 15 is 0 Å². The molecule has 6 nitrogen and oxygen atoms in total. The topological polar surface area (TPSA) is 69.1 Å². The molecule has 7 heteroatoms. The van der Waals surface area contributed by atoms with E-state index in [-0.39, 0.29) is 11.5 Å². The third kappa shape index (κ3) is 5.69. The van der Waals surface area contributed by atoms with Gasteiger partial charge in [0.05, 0.1) is 31.9 Å². The van der Waals surface area contributed by atoms with Gasteiger partial charge in [-0.15, -0.1) is 11.3 Å². The van der Waals surface area contributed by atoms with Gasteiger partial charge in [-0.3, -0.25) is 9.89 Å². The molecule has 1 aromatic rings. The van der Waals surface area contributed by atoms with Crippen LogP contribution in [0.1, 0.15) is 50.4 Å². The largest absolute Gasteiger partial charge is 0.392 e. The Morgan fingerprint density at radius 1 is 1.39 bits per heavy atom. The monoisotopic (exact) mass is 408 g/mol. The molecule has 1 aromatic heterocycles. The van der Waals surface area contributed by atoms with Crippen LogP contribution in [0.25, 0.3) is 0 Å². The van der Waals surface area contributed by atoms with Crippen LogP contribution in [0.4, 0.5) is 0 Å². The molecular weight excluding hydrogens is 372 g/mol. The Kier molecular flexibility index (Phi) is 8.14. The first-order valence-electron chi connectivity index (χ1n) is 10.7. The zero-order valence-corrected chi connectivity index (χ0v) is 18.1. The summed E-state index contributed by atoms with van der Waals surface area (Å²) in [6.07, 6.45) is 4.00. The highest BCUT2D eigenvalue weighted by Crippen LogP contribution is 2.36. The number of rotatable bonds is 7. The summed E-state index contributed by atoms with van der Waals surface area (Å²) < 4.78 is 5.54. The zero-order chi connectivity index (χ0) is 19.8. The van der Waals surface area contributed by atoms with Gasteiger partial charge in [-0.25, -0.2) is 0 Å². The fourth-order valence-electron chi connectivity index (χ4n) is 4.14. The van der Waals surface area contributed by atoms with Gasteiger partial charge in [0.15, 0.2) is 5.96 Å². The van der Waals surface area contributed by atoms with Crippen molar-refractivity contribution in [3.8, 4) is 0 Å². The summed E-state index contributed by atoms with van der Waals surface area (Å²) in [5.74, 6) is 0.844. The van der Waals surface area contributed by atoms with Gasteiger partial charge < -0.3 is 20.5 Å². The van der Waals surface area contributed by atoms with Gasteiger partial charge in [0, 0.05) is 36.5 Å². The van der Waals surface area contributed by atoms with E-state index in [0.29, 0.717) is 12.6 Å². The Labute approximate surface area is 173 Å². The molecule has 1 aliphatic carbocycles. The Hall–Kier alpha value is -1.15. The summed E-state index contributed by atoms with van der Waals surface area (Å²) in [7, 11) is 0. The van der Waals surface area contributed by atoms with Crippen molar-refractivity contribution >= 4 is 17.3 Å². The molecule has 28 heavy (non-hydrogen) atoms. The van der Waals surface area contributed by atoms with Crippen LogP contribution in [0.2, 0.25) is 0 Å². The van der Waals surface area contributed by atoms with E-state index in [1.165, 1.54) is 11.3 Å². The highest BCUT2D eigenvalue weighted by molar-refractivity contribution is 7.10. The van der Waals surface area contributed by atoms with Crippen LogP contribution in [0.5, 0.6) is 0 Å². The van der Waals surface area contributed by atoms with E-state index < -0.39 is 0 Å². The van der Waals surface area contributed by atoms with E-state index in [2.05, 4.69) is 46.9 Å². The lowest BCUT2D eigenvalue weighted by Crippen LogP contribution is -2.46. The first-order chi connectivity index (χ1) is 13.6. The molecule has 1 aliphatic heterocycles. The Balaban J connectivity index is 1.64. The standard InChI is InChI=1S/C21H36N4O2S/c1-3-22-20(24-16-21(2)9-5-4-8-19(21)26)23-15-17(18-7-6-14-28-18)25-10-12-27-13-11-25/h6-7,14,17,19,26H,3-5,8-13,15-16H2,1-2H3,(H2,22,23,24). The second-order valence-corrected chi connectivity index (χ2v) is 9.15. The number of guanidine groups is 1. The summed E-state index contributed by atoms with van der Waals surface area (Å²) in [6, 6.07) is 4.66. The average Bonchev–Trinajstić information content (AvgIpc) is 3.24. The number of hydrogen-bond acceptors (Lipinski definition) is 5. The van der Waals surface area contributed by atoms with Gasteiger partial charge in [-0.2, -0.15) is 0 Å². The van der Waals surface area contributed by atoms with Crippen LogP contribution < -0.4 is 10.6 Å². The van der Waals surface area contributed by atoms with Gasteiger partial charge in [0.1, 0.15) is 0 Å². The minimum atomic E-state index is -0.250. The van der Waals surface area contributed by atoms with Crippen LogP contribution >= 0.6 is 11.3 Å². The normalized spacial score (nSPS) is 28.1. The highest BCUT2D eigenvalue weighted by Gasteiger charge is 2.35. The molecular formula is C21H36N4O2S. The van der Waals surface area contributed by atoms with E-state index in [0.717, 1.165) is 64.6 Å².